The van der Waals surface area contributed by atoms with Crippen molar-refractivity contribution >= 4 is 0 Å². The predicted molar refractivity (Wildman–Crippen MR) is 75.9 cm³/mol. The predicted octanol–water partition coefficient (Wildman–Crippen LogP) is 2.26. The Kier molecular flexibility index (Phi) is 4.68. The van der Waals surface area contributed by atoms with Crippen LogP contribution in [0.3, 0.4) is 0 Å². The van der Waals surface area contributed by atoms with E-state index in [9.17, 15) is 0 Å². The summed E-state index contributed by atoms with van der Waals surface area (Å²) in [5, 5.41) is 3.40. The van der Waals surface area contributed by atoms with E-state index < -0.39 is 0 Å². The molecule has 2 rings (SSSR count). The van der Waals surface area contributed by atoms with E-state index in [1.807, 2.05) is 0 Å². The maximum Gasteiger partial charge on any atom is 0.0710 e. The van der Waals surface area contributed by atoms with Crippen molar-refractivity contribution in [2.75, 3.05) is 26.7 Å². The second kappa shape index (κ2) is 5.89. The van der Waals surface area contributed by atoms with Crippen LogP contribution in [0.25, 0.3) is 0 Å². The molecule has 18 heavy (non-hydrogen) atoms. The van der Waals surface area contributed by atoms with Crippen molar-refractivity contribution in [3.05, 3.63) is 0 Å². The molecule has 1 N–H and O–H groups in total. The number of likely N-dealkylation sites (tertiary alicyclic amines) is 1. The van der Waals surface area contributed by atoms with E-state index in [1.54, 1.807) is 0 Å². The van der Waals surface area contributed by atoms with E-state index >= 15 is 0 Å². The van der Waals surface area contributed by atoms with Crippen LogP contribution in [0.5, 0.6) is 0 Å². The molecule has 106 valence electrons. The maximum atomic E-state index is 6.12. The van der Waals surface area contributed by atoms with Gasteiger partial charge in [0, 0.05) is 19.1 Å². The Labute approximate surface area is 112 Å². The van der Waals surface area contributed by atoms with Crippen molar-refractivity contribution in [3.8, 4) is 0 Å². The molecule has 0 aromatic carbocycles. The van der Waals surface area contributed by atoms with Gasteiger partial charge in [-0.3, -0.25) is 0 Å². The molecule has 0 aromatic rings. The molecule has 2 heterocycles. The van der Waals surface area contributed by atoms with Crippen LogP contribution >= 0.6 is 0 Å². The molecule has 0 aliphatic carbocycles. The first-order chi connectivity index (χ1) is 8.50. The average molecular weight is 254 g/mol. The first kappa shape index (κ1) is 14.3. The van der Waals surface area contributed by atoms with Gasteiger partial charge in [-0.2, -0.15) is 0 Å². The Morgan fingerprint density at radius 2 is 2.17 bits per heavy atom. The number of piperidine rings is 1. The van der Waals surface area contributed by atoms with Gasteiger partial charge in [0.05, 0.1) is 11.7 Å². The first-order valence-electron chi connectivity index (χ1n) is 7.57. The van der Waals surface area contributed by atoms with Gasteiger partial charge in [0.1, 0.15) is 0 Å². The standard InChI is InChI=1S/C15H30N2O/c1-12(16-4)13-6-5-9-17(10-13)11-14-7-8-15(2,3)18-14/h12-14,16H,5-11H2,1-4H3. The molecule has 3 heteroatoms. The zero-order valence-corrected chi connectivity index (χ0v) is 12.5. The molecule has 0 saturated carbocycles. The summed E-state index contributed by atoms with van der Waals surface area (Å²) >= 11 is 0. The average Bonchev–Trinajstić information content (AvgIpc) is 2.68. The Balaban J connectivity index is 1.79. The van der Waals surface area contributed by atoms with Gasteiger partial charge in [0.2, 0.25) is 0 Å². The van der Waals surface area contributed by atoms with Crippen LogP contribution in [0, 0.1) is 5.92 Å². The fourth-order valence-corrected chi connectivity index (χ4v) is 3.40. The molecule has 0 amide bonds. The normalized spacial score (nSPS) is 34.7. The van der Waals surface area contributed by atoms with E-state index in [0.717, 1.165) is 12.5 Å². The number of nitrogens with one attached hydrogen (secondary N) is 1. The monoisotopic (exact) mass is 254 g/mol. The highest BCUT2D eigenvalue weighted by Gasteiger charge is 2.33. The minimum Gasteiger partial charge on any atom is -0.371 e. The Morgan fingerprint density at radius 3 is 2.78 bits per heavy atom. The highest BCUT2D eigenvalue weighted by Crippen LogP contribution is 2.30. The molecule has 0 aromatic heterocycles. The van der Waals surface area contributed by atoms with Crippen molar-refractivity contribution in [2.45, 2.75) is 64.2 Å². The Hall–Kier alpha value is -0.120. The molecule has 3 nitrogen and oxygen atoms in total. The van der Waals surface area contributed by atoms with E-state index in [0.29, 0.717) is 12.1 Å². The Morgan fingerprint density at radius 1 is 1.39 bits per heavy atom. The molecule has 3 atom stereocenters. The van der Waals surface area contributed by atoms with Crippen LogP contribution in [0.4, 0.5) is 0 Å². The van der Waals surface area contributed by atoms with Gasteiger partial charge in [-0.1, -0.05) is 0 Å². The largest absolute Gasteiger partial charge is 0.371 e. The van der Waals surface area contributed by atoms with Gasteiger partial charge < -0.3 is 15.0 Å². The van der Waals surface area contributed by atoms with Gasteiger partial charge in [-0.15, -0.1) is 0 Å². The van der Waals surface area contributed by atoms with Crippen LogP contribution in [0.15, 0.2) is 0 Å². The second-order valence-electron chi connectivity index (χ2n) is 6.78. The summed E-state index contributed by atoms with van der Waals surface area (Å²) in [5.74, 6) is 0.804. The zero-order chi connectivity index (χ0) is 13.2. The fraction of sp³-hybridized carbons (Fsp3) is 1.00. The number of rotatable bonds is 4. The van der Waals surface area contributed by atoms with Crippen molar-refractivity contribution < 1.29 is 4.74 Å². The van der Waals surface area contributed by atoms with E-state index in [1.165, 1.54) is 38.8 Å². The molecule has 0 bridgehead atoms. The van der Waals surface area contributed by atoms with Crippen LogP contribution < -0.4 is 5.32 Å². The van der Waals surface area contributed by atoms with Crippen LogP contribution in [-0.2, 0) is 4.74 Å². The lowest BCUT2D eigenvalue weighted by atomic mass is 9.91. The zero-order valence-electron chi connectivity index (χ0n) is 12.5. The smallest absolute Gasteiger partial charge is 0.0710 e. The van der Waals surface area contributed by atoms with Crippen molar-refractivity contribution in [3.63, 3.8) is 0 Å². The quantitative estimate of drug-likeness (QED) is 0.833. The molecule has 0 radical (unpaired) electrons. The SMILES string of the molecule is CNC(C)C1CCCN(CC2CCC(C)(C)O2)C1. The van der Waals surface area contributed by atoms with Crippen LogP contribution in [0.2, 0.25) is 0 Å². The molecule has 2 saturated heterocycles. The van der Waals surface area contributed by atoms with Crippen LogP contribution in [-0.4, -0.2) is 49.3 Å². The molecule has 0 spiro atoms. The summed E-state index contributed by atoms with van der Waals surface area (Å²) in [7, 11) is 2.08. The summed E-state index contributed by atoms with van der Waals surface area (Å²) < 4.78 is 6.12. The lowest BCUT2D eigenvalue weighted by Crippen LogP contribution is -2.46. The first-order valence-corrected chi connectivity index (χ1v) is 7.57. The molecular formula is C15H30N2O. The minimum absolute atomic E-state index is 0.109. The third-order valence-corrected chi connectivity index (χ3v) is 4.72. The van der Waals surface area contributed by atoms with Gasteiger partial charge in [0.15, 0.2) is 0 Å². The van der Waals surface area contributed by atoms with Gasteiger partial charge in [-0.05, 0) is 66.0 Å². The number of nitrogens with zero attached hydrogens (tertiary/aromatic N) is 1. The maximum absolute atomic E-state index is 6.12. The number of ether oxygens (including phenoxy) is 1. The van der Waals surface area contributed by atoms with E-state index in [2.05, 4.69) is 38.0 Å². The highest BCUT2D eigenvalue weighted by molar-refractivity contribution is 4.85. The molecule has 2 fully saturated rings. The van der Waals surface area contributed by atoms with Crippen molar-refractivity contribution in [2.24, 2.45) is 5.92 Å². The van der Waals surface area contributed by atoms with Crippen molar-refractivity contribution in [1.29, 1.82) is 0 Å². The molecule has 2 aliphatic rings. The molecule has 2 aliphatic heterocycles. The lowest BCUT2D eigenvalue weighted by Gasteiger charge is -2.37. The van der Waals surface area contributed by atoms with Crippen molar-refractivity contribution in [1.82, 2.24) is 10.2 Å². The third kappa shape index (κ3) is 3.69. The van der Waals surface area contributed by atoms with E-state index in [-0.39, 0.29) is 5.60 Å². The van der Waals surface area contributed by atoms with E-state index in [4.69, 9.17) is 4.74 Å². The summed E-state index contributed by atoms with van der Waals surface area (Å²) in [6.07, 6.45) is 5.61. The molecule has 3 unspecified atom stereocenters. The minimum atomic E-state index is 0.109. The lowest BCUT2D eigenvalue weighted by molar-refractivity contribution is -0.0336. The topological polar surface area (TPSA) is 24.5 Å². The summed E-state index contributed by atoms with van der Waals surface area (Å²) in [4.78, 5) is 2.62. The Bertz CT molecular complexity index is 267. The van der Waals surface area contributed by atoms with Crippen LogP contribution in [0.1, 0.15) is 46.5 Å². The summed E-state index contributed by atoms with van der Waals surface area (Å²) in [5.41, 5.74) is 0.109. The third-order valence-electron chi connectivity index (χ3n) is 4.72. The number of hydrogen-bond acceptors (Lipinski definition) is 3. The fourth-order valence-electron chi connectivity index (χ4n) is 3.40. The van der Waals surface area contributed by atoms with Gasteiger partial charge >= 0.3 is 0 Å². The summed E-state index contributed by atoms with van der Waals surface area (Å²) in [6.45, 7) is 10.4. The number of hydrogen-bond donors (Lipinski definition) is 1. The van der Waals surface area contributed by atoms with Gasteiger partial charge in [-0.25, -0.2) is 0 Å². The summed E-state index contributed by atoms with van der Waals surface area (Å²) in [6, 6.07) is 0.633. The molecular weight excluding hydrogens is 224 g/mol. The van der Waals surface area contributed by atoms with Gasteiger partial charge in [0.25, 0.3) is 0 Å². The second-order valence-corrected chi connectivity index (χ2v) is 6.78. The highest BCUT2D eigenvalue weighted by atomic mass is 16.5.